The van der Waals surface area contributed by atoms with Crippen LogP contribution in [-0.2, 0) is 9.59 Å². The van der Waals surface area contributed by atoms with E-state index in [4.69, 9.17) is 16.3 Å². The van der Waals surface area contributed by atoms with Crippen LogP contribution in [-0.4, -0.2) is 36.4 Å². The number of rotatable bonds is 7. The fourth-order valence-corrected chi connectivity index (χ4v) is 2.83. The molecule has 0 aliphatic heterocycles. The molecular weight excluding hydrogens is 364 g/mol. The third kappa shape index (κ3) is 6.00. The Morgan fingerprint density at radius 2 is 1.81 bits per heavy atom. The minimum absolute atomic E-state index is 0.0441. The Balaban J connectivity index is 1.93. The van der Waals surface area contributed by atoms with Crippen molar-refractivity contribution in [3.8, 4) is 5.75 Å². The Hall–Kier alpha value is -2.53. The lowest BCUT2D eigenvalue weighted by Crippen LogP contribution is -2.40. The van der Waals surface area contributed by atoms with E-state index in [0.717, 1.165) is 16.7 Å². The molecule has 0 unspecified atom stereocenters. The molecule has 2 aromatic rings. The molecule has 0 aliphatic rings. The van der Waals surface area contributed by atoms with Crippen molar-refractivity contribution in [3.05, 3.63) is 58.1 Å². The Morgan fingerprint density at radius 3 is 2.48 bits per heavy atom. The van der Waals surface area contributed by atoms with Crippen molar-refractivity contribution in [2.24, 2.45) is 0 Å². The highest BCUT2D eigenvalue weighted by molar-refractivity contribution is 6.31. The normalized spacial score (nSPS) is 10.4. The molecular formula is C21H25ClN2O3. The molecule has 6 heteroatoms. The number of aryl methyl sites for hydroxylation is 3. The Kier molecular flexibility index (Phi) is 7.25. The lowest BCUT2D eigenvalue weighted by molar-refractivity contribution is -0.136. The molecule has 0 atom stereocenters. The molecule has 0 fully saturated rings. The van der Waals surface area contributed by atoms with Crippen molar-refractivity contribution in [2.45, 2.75) is 27.7 Å². The van der Waals surface area contributed by atoms with E-state index >= 15 is 0 Å². The molecule has 27 heavy (non-hydrogen) atoms. The average molecular weight is 389 g/mol. The summed E-state index contributed by atoms with van der Waals surface area (Å²) in [6, 6.07) is 11.1. The van der Waals surface area contributed by atoms with E-state index < -0.39 is 0 Å². The highest BCUT2D eigenvalue weighted by atomic mass is 35.5. The van der Waals surface area contributed by atoms with Crippen LogP contribution >= 0.6 is 11.6 Å². The van der Waals surface area contributed by atoms with E-state index in [0.29, 0.717) is 23.0 Å². The van der Waals surface area contributed by atoms with Crippen LogP contribution in [0.4, 0.5) is 5.69 Å². The number of nitrogens with zero attached hydrogens (tertiary/aromatic N) is 1. The third-order valence-electron chi connectivity index (χ3n) is 4.22. The summed E-state index contributed by atoms with van der Waals surface area (Å²) in [5.41, 5.74) is 3.65. The van der Waals surface area contributed by atoms with E-state index in [-0.39, 0.29) is 25.0 Å². The van der Waals surface area contributed by atoms with Crippen molar-refractivity contribution in [2.75, 3.05) is 25.0 Å². The zero-order valence-corrected chi connectivity index (χ0v) is 16.9. The number of likely N-dealkylation sites (N-methyl/N-ethyl adjacent to an activating group) is 1. The Labute approximate surface area is 165 Å². The number of carbonyl (C=O) groups excluding carboxylic acids is 2. The standard InChI is InChI=1S/C21H25ClN2O3/c1-5-24(12-20(25)23-18-11-17(22)8-7-15(18)3)21(26)13-27-19-9-6-14(2)10-16(19)4/h6-11H,5,12-13H2,1-4H3,(H,23,25). The first-order valence-electron chi connectivity index (χ1n) is 8.84. The Bertz CT molecular complexity index is 836. The number of carbonyl (C=O) groups is 2. The van der Waals surface area contributed by atoms with Gasteiger partial charge in [-0.2, -0.15) is 0 Å². The summed E-state index contributed by atoms with van der Waals surface area (Å²) in [6.45, 7) is 7.90. The van der Waals surface area contributed by atoms with Crippen LogP contribution in [0.1, 0.15) is 23.6 Å². The zero-order valence-electron chi connectivity index (χ0n) is 16.1. The van der Waals surface area contributed by atoms with Crippen molar-refractivity contribution < 1.29 is 14.3 Å². The summed E-state index contributed by atoms with van der Waals surface area (Å²) in [4.78, 5) is 26.2. The number of nitrogens with one attached hydrogen (secondary N) is 1. The minimum Gasteiger partial charge on any atom is -0.484 e. The smallest absolute Gasteiger partial charge is 0.260 e. The molecule has 2 amide bonds. The molecule has 0 saturated heterocycles. The summed E-state index contributed by atoms with van der Waals surface area (Å²) >= 11 is 5.97. The second-order valence-corrected chi connectivity index (χ2v) is 6.91. The summed E-state index contributed by atoms with van der Waals surface area (Å²) in [5.74, 6) is 0.154. The summed E-state index contributed by atoms with van der Waals surface area (Å²) < 4.78 is 5.63. The highest BCUT2D eigenvalue weighted by Gasteiger charge is 2.17. The molecule has 2 rings (SSSR count). The maximum absolute atomic E-state index is 12.4. The molecule has 0 saturated carbocycles. The second kappa shape index (κ2) is 9.42. The van der Waals surface area contributed by atoms with Gasteiger partial charge in [-0.25, -0.2) is 0 Å². The van der Waals surface area contributed by atoms with Crippen LogP contribution in [0.25, 0.3) is 0 Å². The first kappa shape index (κ1) is 20.8. The fourth-order valence-electron chi connectivity index (χ4n) is 2.66. The van der Waals surface area contributed by atoms with E-state index in [1.165, 1.54) is 4.90 Å². The summed E-state index contributed by atoms with van der Waals surface area (Å²) in [5, 5.41) is 3.34. The van der Waals surface area contributed by atoms with Gasteiger partial charge in [-0.15, -0.1) is 0 Å². The molecule has 2 aromatic carbocycles. The van der Waals surface area contributed by atoms with E-state index in [2.05, 4.69) is 5.32 Å². The average Bonchev–Trinajstić information content (AvgIpc) is 2.61. The molecule has 0 aliphatic carbocycles. The summed E-state index contributed by atoms with van der Waals surface area (Å²) in [7, 11) is 0. The van der Waals surface area contributed by atoms with Gasteiger partial charge in [-0.05, 0) is 57.0 Å². The molecule has 0 radical (unpaired) electrons. The van der Waals surface area contributed by atoms with Crippen molar-refractivity contribution >= 4 is 29.1 Å². The van der Waals surface area contributed by atoms with Gasteiger partial charge in [0.05, 0.1) is 6.54 Å². The van der Waals surface area contributed by atoms with Crippen molar-refractivity contribution in [3.63, 3.8) is 0 Å². The van der Waals surface area contributed by atoms with Gasteiger partial charge in [0.2, 0.25) is 5.91 Å². The number of benzene rings is 2. The maximum Gasteiger partial charge on any atom is 0.260 e. The number of hydrogen-bond donors (Lipinski definition) is 1. The zero-order chi connectivity index (χ0) is 20.0. The van der Waals surface area contributed by atoms with Crippen LogP contribution in [0, 0.1) is 20.8 Å². The first-order chi connectivity index (χ1) is 12.8. The van der Waals surface area contributed by atoms with Gasteiger partial charge in [0.15, 0.2) is 6.61 Å². The van der Waals surface area contributed by atoms with Gasteiger partial charge in [-0.3, -0.25) is 9.59 Å². The van der Waals surface area contributed by atoms with Crippen LogP contribution in [0.2, 0.25) is 5.02 Å². The van der Waals surface area contributed by atoms with Crippen LogP contribution in [0.5, 0.6) is 5.75 Å². The molecule has 144 valence electrons. The highest BCUT2D eigenvalue weighted by Crippen LogP contribution is 2.20. The molecule has 0 bridgehead atoms. The quantitative estimate of drug-likeness (QED) is 0.775. The van der Waals surface area contributed by atoms with Crippen molar-refractivity contribution in [1.29, 1.82) is 0 Å². The number of anilines is 1. The molecule has 0 aromatic heterocycles. The van der Waals surface area contributed by atoms with Gasteiger partial charge in [-0.1, -0.05) is 35.4 Å². The third-order valence-corrected chi connectivity index (χ3v) is 4.46. The maximum atomic E-state index is 12.4. The fraction of sp³-hybridized carbons (Fsp3) is 0.333. The SMILES string of the molecule is CCN(CC(=O)Nc1cc(Cl)ccc1C)C(=O)COc1ccc(C)cc1C. The van der Waals surface area contributed by atoms with Gasteiger partial charge in [0.25, 0.3) is 5.91 Å². The lowest BCUT2D eigenvalue weighted by Gasteiger charge is -2.21. The monoisotopic (exact) mass is 388 g/mol. The molecule has 5 nitrogen and oxygen atoms in total. The molecule has 0 spiro atoms. The van der Waals surface area contributed by atoms with Gasteiger partial charge < -0.3 is 15.0 Å². The van der Waals surface area contributed by atoms with Crippen molar-refractivity contribution in [1.82, 2.24) is 4.90 Å². The van der Waals surface area contributed by atoms with Crippen LogP contribution < -0.4 is 10.1 Å². The second-order valence-electron chi connectivity index (χ2n) is 6.47. The van der Waals surface area contributed by atoms with E-state index in [9.17, 15) is 9.59 Å². The van der Waals surface area contributed by atoms with Gasteiger partial charge in [0.1, 0.15) is 5.75 Å². The topological polar surface area (TPSA) is 58.6 Å². The number of amides is 2. The van der Waals surface area contributed by atoms with E-state index in [1.807, 2.05) is 52.0 Å². The Morgan fingerprint density at radius 1 is 1.07 bits per heavy atom. The lowest BCUT2D eigenvalue weighted by atomic mass is 10.1. The van der Waals surface area contributed by atoms with E-state index in [1.54, 1.807) is 12.1 Å². The minimum atomic E-state index is -0.276. The van der Waals surface area contributed by atoms with Gasteiger partial charge >= 0.3 is 0 Å². The predicted octanol–water partition coefficient (Wildman–Crippen LogP) is 4.13. The predicted molar refractivity (Wildman–Crippen MR) is 108 cm³/mol. The number of hydrogen-bond acceptors (Lipinski definition) is 3. The van der Waals surface area contributed by atoms with Gasteiger partial charge in [0, 0.05) is 17.3 Å². The molecule has 0 heterocycles. The number of ether oxygens (including phenoxy) is 1. The van der Waals surface area contributed by atoms with Crippen LogP contribution in [0.15, 0.2) is 36.4 Å². The largest absolute Gasteiger partial charge is 0.484 e. The summed E-state index contributed by atoms with van der Waals surface area (Å²) in [6.07, 6.45) is 0. The first-order valence-corrected chi connectivity index (χ1v) is 9.21. The molecule has 1 N–H and O–H groups in total. The number of halogens is 1. The van der Waals surface area contributed by atoms with Crippen LogP contribution in [0.3, 0.4) is 0 Å².